The second-order valence-corrected chi connectivity index (χ2v) is 7.19. The highest BCUT2D eigenvalue weighted by atomic mass is 16.6. The van der Waals surface area contributed by atoms with Crippen LogP contribution in [-0.2, 0) is 6.61 Å². The van der Waals surface area contributed by atoms with Crippen LogP contribution in [0.25, 0.3) is 6.08 Å². The maximum absolute atomic E-state index is 11.6. The van der Waals surface area contributed by atoms with E-state index in [1.165, 1.54) is 12.8 Å². The first-order valence-electron chi connectivity index (χ1n) is 9.46. The zero-order chi connectivity index (χ0) is 19.2. The molecule has 1 aliphatic rings. The summed E-state index contributed by atoms with van der Waals surface area (Å²) < 4.78 is 6.06. The van der Waals surface area contributed by atoms with Gasteiger partial charge in [0.15, 0.2) is 0 Å². The average molecular weight is 366 g/mol. The van der Waals surface area contributed by atoms with Crippen LogP contribution in [0.15, 0.2) is 48.7 Å². The predicted molar refractivity (Wildman–Crippen MR) is 108 cm³/mol. The van der Waals surface area contributed by atoms with E-state index >= 15 is 0 Å². The summed E-state index contributed by atoms with van der Waals surface area (Å²) in [5.41, 5.74) is 2.64. The molecule has 2 aromatic rings. The van der Waals surface area contributed by atoms with Crippen LogP contribution in [0.3, 0.4) is 0 Å². The summed E-state index contributed by atoms with van der Waals surface area (Å²) >= 11 is 0. The molecule has 142 valence electrons. The maximum atomic E-state index is 11.6. The van der Waals surface area contributed by atoms with Crippen molar-refractivity contribution in [1.29, 1.82) is 0 Å². The topological polar surface area (TPSA) is 55.6 Å². The van der Waals surface area contributed by atoms with Crippen molar-refractivity contribution < 1.29 is 9.66 Å². The molecule has 1 aliphatic heterocycles. The van der Waals surface area contributed by atoms with Crippen LogP contribution in [0, 0.1) is 10.1 Å². The maximum Gasteiger partial charge on any atom is 0.277 e. The number of hydrogen-bond donors (Lipinski definition) is 0. The molecule has 0 radical (unpaired) electrons. The highest BCUT2D eigenvalue weighted by Crippen LogP contribution is 2.35. The van der Waals surface area contributed by atoms with Crippen LogP contribution >= 0.6 is 0 Å². The molecule has 1 fully saturated rings. The molecule has 1 saturated heterocycles. The molecule has 0 spiro atoms. The first-order chi connectivity index (χ1) is 13.0. The zero-order valence-corrected chi connectivity index (χ0v) is 15.9. The number of nitrogens with zero attached hydrogens (tertiary/aromatic N) is 2. The van der Waals surface area contributed by atoms with Crippen molar-refractivity contribution in [2.24, 2.45) is 0 Å². The number of hydrogen-bond acceptors (Lipinski definition) is 4. The molecule has 5 heteroatoms. The van der Waals surface area contributed by atoms with Crippen LogP contribution < -0.4 is 4.74 Å². The van der Waals surface area contributed by atoms with Crippen molar-refractivity contribution in [1.82, 2.24) is 4.90 Å². The third-order valence-corrected chi connectivity index (χ3v) is 4.82. The quantitative estimate of drug-likeness (QED) is 0.489. The third kappa shape index (κ3) is 4.88. The molecule has 3 rings (SSSR count). The molecule has 0 amide bonds. The molecule has 0 bridgehead atoms. The van der Waals surface area contributed by atoms with Gasteiger partial charge in [-0.2, -0.15) is 0 Å². The Kier molecular flexibility index (Phi) is 6.12. The van der Waals surface area contributed by atoms with E-state index in [2.05, 4.69) is 4.90 Å². The summed E-state index contributed by atoms with van der Waals surface area (Å²) in [4.78, 5) is 13.5. The van der Waals surface area contributed by atoms with Gasteiger partial charge in [-0.3, -0.25) is 10.1 Å². The zero-order valence-electron chi connectivity index (χ0n) is 15.9. The molecule has 0 aromatic heterocycles. The van der Waals surface area contributed by atoms with E-state index in [0.29, 0.717) is 17.9 Å². The van der Waals surface area contributed by atoms with Gasteiger partial charge in [0.05, 0.1) is 10.5 Å². The highest BCUT2D eigenvalue weighted by molar-refractivity contribution is 5.65. The fourth-order valence-electron chi connectivity index (χ4n) is 3.28. The van der Waals surface area contributed by atoms with E-state index in [1.54, 1.807) is 6.07 Å². The molecule has 1 heterocycles. The van der Waals surface area contributed by atoms with Gasteiger partial charge in [-0.1, -0.05) is 44.2 Å². The Hall–Kier alpha value is -2.82. The fourth-order valence-corrected chi connectivity index (χ4v) is 3.28. The van der Waals surface area contributed by atoms with E-state index < -0.39 is 0 Å². The monoisotopic (exact) mass is 366 g/mol. The number of nitro groups is 1. The van der Waals surface area contributed by atoms with Gasteiger partial charge in [0, 0.05) is 24.7 Å². The van der Waals surface area contributed by atoms with Gasteiger partial charge in [-0.05, 0) is 42.7 Å². The highest BCUT2D eigenvalue weighted by Gasteiger charge is 2.20. The van der Waals surface area contributed by atoms with Crippen molar-refractivity contribution in [3.8, 4) is 5.75 Å². The number of likely N-dealkylation sites (tertiary alicyclic amines) is 1. The van der Waals surface area contributed by atoms with E-state index in [1.807, 2.05) is 62.5 Å². The summed E-state index contributed by atoms with van der Waals surface area (Å²) in [6, 6.07) is 13.4. The Morgan fingerprint density at radius 3 is 2.52 bits per heavy atom. The molecule has 5 nitrogen and oxygen atoms in total. The van der Waals surface area contributed by atoms with Gasteiger partial charge in [0.25, 0.3) is 5.69 Å². The SMILES string of the molecule is CC(C)c1cc([N+](=O)[O-])c(/C=C/N2CCCC2)cc1OCc1ccccc1. The number of ether oxygens (including phenoxy) is 1. The molecule has 0 aliphatic carbocycles. The minimum absolute atomic E-state index is 0.126. The van der Waals surface area contributed by atoms with Crippen molar-refractivity contribution in [3.05, 3.63) is 75.5 Å². The van der Waals surface area contributed by atoms with Gasteiger partial charge >= 0.3 is 0 Å². The molecular formula is C22H26N2O3. The molecule has 0 unspecified atom stereocenters. The van der Waals surface area contributed by atoms with E-state index in [9.17, 15) is 10.1 Å². The van der Waals surface area contributed by atoms with E-state index in [-0.39, 0.29) is 16.5 Å². The van der Waals surface area contributed by atoms with Crippen LogP contribution in [0.5, 0.6) is 5.75 Å². The first kappa shape index (κ1) is 19.0. The Bertz CT molecular complexity index is 810. The van der Waals surface area contributed by atoms with Gasteiger partial charge in [0.1, 0.15) is 12.4 Å². The summed E-state index contributed by atoms with van der Waals surface area (Å²) in [6.45, 7) is 6.49. The molecule has 27 heavy (non-hydrogen) atoms. The predicted octanol–water partition coefficient (Wildman–Crippen LogP) is 5.36. The van der Waals surface area contributed by atoms with Crippen LogP contribution in [-0.4, -0.2) is 22.9 Å². The van der Waals surface area contributed by atoms with Gasteiger partial charge in [-0.25, -0.2) is 0 Å². The lowest BCUT2D eigenvalue weighted by molar-refractivity contribution is -0.385. The summed E-state index contributed by atoms with van der Waals surface area (Å²) in [7, 11) is 0. The first-order valence-corrected chi connectivity index (χ1v) is 9.46. The van der Waals surface area contributed by atoms with Crippen LogP contribution in [0.4, 0.5) is 5.69 Å². The van der Waals surface area contributed by atoms with Crippen molar-refractivity contribution in [3.63, 3.8) is 0 Å². The van der Waals surface area contributed by atoms with Crippen LogP contribution in [0.1, 0.15) is 49.3 Å². The Balaban J connectivity index is 1.91. The Morgan fingerprint density at radius 2 is 1.89 bits per heavy atom. The number of rotatable bonds is 7. The largest absolute Gasteiger partial charge is 0.489 e. The second kappa shape index (κ2) is 8.71. The summed E-state index contributed by atoms with van der Waals surface area (Å²) in [6.07, 6.45) is 6.14. The normalized spacial score (nSPS) is 14.3. The van der Waals surface area contributed by atoms with Crippen molar-refractivity contribution in [2.45, 2.75) is 39.2 Å². The number of nitro benzene ring substituents is 1. The van der Waals surface area contributed by atoms with Gasteiger partial charge in [-0.15, -0.1) is 0 Å². The minimum atomic E-state index is -0.309. The second-order valence-electron chi connectivity index (χ2n) is 7.19. The fraction of sp³-hybridized carbons (Fsp3) is 0.364. The molecule has 0 N–H and O–H groups in total. The lowest BCUT2D eigenvalue weighted by Gasteiger charge is -2.16. The molecular weight excluding hydrogens is 340 g/mol. The Morgan fingerprint density at radius 1 is 1.19 bits per heavy atom. The van der Waals surface area contributed by atoms with Crippen molar-refractivity contribution >= 4 is 11.8 Å². The average Bonchev–Trinajstić information content (AvgIpc) is 3.18. The minimum Gasteiger partial charge on any atom is -0.489 e. The number of benzene rings is 2. The Labute approximate surface area is 160 Å². The molecule has 0 atom stereocenters. The lowest BCUT2D eigenvalue weighted by Crippen LogP contribution is -2.10. The van der Waals surface area contributed by atoms with Gasteiger partial charge < -0.3 is 9.64 Å². The summed E-state index contributed by atoms with van der Waals surface area (Å²) in [5, 5.41) is 11.6. The van der Waals surface area contributed by atoms with Crippen molar-refractivity contribution in [2.75, 3.05) is 13.1 Å². The third-order valence-electron chi connectivity index (χ3n) is 4.82. The summed E-state index contributed by atoms with van der Waals surface area (Å²) in [5.74, 6) is 0.839. The molecule has 0 saturated carbocycles. The van der Waals surface area contributed by atoms with Gasteiger partial charge in [0.2, 0.25) is 0 Å². The molecule has 2 aromatic carbocycles. The van der Waals surface area contributed by atoms with E-state index in [4.69, 9.17) is 4.74 Å². The standard InChI is InChI=1S/C22H26N2O3/c1-17(2)20-15-21(24(25)26)19(10-13-23-11-6-7-12-23)14-22(20)27-16-18-8-4-3-5-9-18/h3-5,8-10,13-15,17H,6-7,11-12,16H2,1-2H3/b13-10+. The van der Waals surface area contributed by atoms with E-state index in [0.717, 1.165) is 24.2 Å². The smallest absolute Gasteiger partial charge is 0.277 e. The lowest BCUT2D eigenvalue weighted by atomic mass is 9.98. The van der Waals surface area contributed by atoms with Crippen LogP contribution in [0.2, 0.25) is 0 Å².